The molecule has 3 aliphatic rings. The quantitative estimate of drug-likeness (QED) is 0.107. The normalized spacial score (nSPS) is 18.5. The van der Waals surface area contributed by atoms with Crippen molar-refractivity contribution in [3.05, 3.63) is 86.9 Å². The van der Waals surface area contributed by atoms with E-state index in [1.807, 2.05) is 37.3 Å². The molecule has 284 valence electrons. The van der Waals surface area contributed by atoms with Crippen molar-refractivity contribution in [2.75, 3.05) is 38.7 Å². The minimum Gasteiger partial charge on any atom is -0.493 e. The lowest BCUT2D eigenvalue weighted by molar-refractivity contribution is -0.136. The molecule has 1 unspecified atom stereocenters. The van der Waals surface area contributed by atoms with Crippen LogP contribution in [0.25, 0.3) is 10.9 Å². The van der Waals surface area contributed by atoms with Crippen LogP contribution in [0.15, 0.2) is 53.0 Å². The molecule has 4 heterocycles. The molecule has 0 spiro atoms. The van der Waals surface area contributed by atoms with Crippen LogP contribution in [0.5, 0.6) is 11.5 Å². The van der Waals surface area contributed by atoms with Crippen molar-refractivity contribution in [2.24, 2.45) is 0 Å². The molecule has 13 heteroatoms. The van der Waals surface area contributed by atoms with E-state index >= 15 is 4.39 Å². The monoisotopic (exact) mass is 800 g/mol. The molecule has 4 aromatic rings. The van der Waals surface area contributed by atoms with Gasteiger partial charge in [0, 0.05) is 34.5 Å². The van der Waals surface area contributed by atoms with Crippen molar-refractivity contribution in [2.45, 2.75) is 83.3 Å². The van der Waals surface area contributed by atoms with E-state index in [0.29, 0.717) is 35.1 Å². The van der Waals surface area contributed by atoms with Gasteiger partial charge in [0.25, 0.3) is 5.91 Å². The number of imide groups is 1. The molecule has 0 aliphatic carbocycles. The van der Waals surface area contributed by atoms with E-state index in [9.17, 15) is 14.4 Å². The van der Waals surface area contributed by atoms with E-state index < -0.39 is 11.9 Å². The Kier molecular flexibility index (Phi) is 11.4. The highest BCUT2D eigenvalue weighted by Crippen LogP contribution is 2.37. The third-order valence-electron chi connectivity index (χ3n) is 10.8. The number of nitrogens with one attached hydrogen (secondary N) is 2. The highest BCUT2D eigenvalue weighted by molar-refractivity contribution is 9.10. The van der Waals surface area contributed by atoms with Crippen molar-refractivity contribution in [3.63, 3.8) is 0 Å². The Morgan fingerprint density at radius 2 is 1.83 bits per heavy atom. The lowest BCUT2D eigenvalue weighted by Gasteiger charge is -2.32. The summed E-state index contributed by atoms with van der Waals surface area (Å²) in [6.07, 6.45) is 5.09. The lowest BCUT2D eigenvalue weighted by atomic mass is 9.87. The minimum atomic E-state index is -0.709. The molecule has 3 aromatic carbocycles. The zero-order chi connectivity index (χ0) is 37.9. The van der Waals surface area contributed by atoms with E-state index in [1.54, 1.807) is 7.11 Å². The first-order valence-corrected chi connectivity index (χ1v) is 19.6. The number of aromatic nitrogens is 2. The van der Waals surface area contributed by atoms with Crippen LogP contribution in [0, 0.1) is 12.7 Å². The summed E-state index contributed by atoms with van der Waals surface area (Å²) < 4.78 is 28.3. The SMILES string of the molecule is COc1cc2c(N[C@H](C)c3cccc(Br)c3)nc(C)nc2cc1OCCCCCN1CCC(c2cc3c(cc2F)C(=O)N(C2CCC(=O)NC2=O)C3)CC1. The first-order chi connectivity index (χ1) is 26.1. The van der Waals surface area contributed by atoms with Crippen LogP contribution in [0.2, 0.25) is 0 Å². The Morgan fingerprint density at radius 1 is 1.02 bits per heavy atom. The number of anilines is 1. The molecular formula is C41H46BrFN6O5. The molecule has 2 fully saturated rings. The summed E-state index contributed by atoms with van der Waals surface area (Å²) in [6, 6.07) is 14.6. The van der Waals surface area contributed by atoms with Gasteiger partial charge in [-0.2, -0.15) is 0 Å². The van der Waals surface area contributed by atoms with Gasteiger partial charge >= 0.3 is 0 Å². The molecule has 54 heavy (non-hydrogen) atoms. The summed E-state index contributed by atoms with van der Waals surface area (Å²) in [6.45, 7) is 7.53. The van der Waals surface area contributed by atoms with Crippen molar-refractivity contribution < 1.29 is 28.2 Å². The average Bonchev–Trinajstić information content (AvgIpc) is 3.46. The first kappa shape index (κ1) is 37.7. The summed E-state index contributed by atoms with van der Waals surface area (Å²) in [5.74, 6) is 1.27. The number of halogens is 2. The van der Waals surface area contributed by atoms with Crippen molar-refractivity contribution in [1.29, 1.82) is 0 Å². The number of piperidine rings is 2. The van der Waals surface area contributed by atoms with E-state index in [-0.39, 0.29) is 49.0 Å². The van der Waals surface area contributed by atoms with Gasteiger partial charge in [-0.3, -0.25) is 19.7 Å². The number of carbonyl (C=O) groups is 3. The molecule has 1 aromatic heterocycles. The fourth-order valence-electron chi connectivity index (χ4n) is 7.88. The predicted molar refractivity (Wildman–Crippen MR) is 207 cm³/mol. The van der Waals surface area contributed by atoms with E-state index in [4.69, 9.17) is 19.4 Å². The lowest BCUT2D eigenvalue weighted by Crippen LogP contribution is -2.52. The molecule has 0 saturated carbocycles. The molecule has 11 nitrogen and oxygen atoms in total. The van der Waals surface area contributed by atoms with Crippen LogP contribution in [0.1, 0.15) is 96.7 Å². The fourth-order valence-corrected chi connectivity index (χ4v) is 8.30. The van der Waals surface area contributed by atoms with Crippen LogP contribution >= 0.6 is 15.9 Å². The second kappa shape index (κ2) is 16.4. The topological polar surface area (TPSA) is 126 Å². The largest absolute Gasteiger partial charge is 0.493 e. The first-order valence-electron chi connectivity index (χ1n) is 18.8. The fraction of sp³-hybridized carbons (Fsp3) is 0.439. The highest BCUT2D eigenvalue weighted by Gasteiger charge is 2.40. The Labute approximate surface area is 323 Å². The number of ether oxygens (including phenoxy) is 2. The number of methoxy groups -OCH3 is 1. The van der Waals surface area contributed by atoms with Gasteiger partial charge in [-0.25, -0.2) is 14.4 Å². The number of benzene rings is 3. The number of aryl methyl sites for hydroxylation is 1. The minimum absolute atomic E-state index is 0.0238. The molecule has 3 aliphatic heterocycles. The van der Waals surface area contributed by atoms with Gasteiger partial charge < -0.3 is 24.6 Å². The maximum atomic E-state index is 15.4. The van der Waals surface area contributed by atoms with Gasteiger partial charge in [-0.15, -0.1) is 0 Å². The molecular weight excluding hydrogens is 755 g/mol. The number of hydrogen-bond donors (Lipinski definition) is 2. The van der Waals surface area contributed by atoms with Crippen LogP contribution in [0.3, 0.4) is 0 Å². The second-order valence-corrected chi connectivity index (χ2v) is 15.4. The smallest absolute Gasteiger partial charge is 0.255 e. The van der Waals surface area contributed by atoms with Gasteiger partial charge in [0.15, 0.2) is 11.5 Å². The zero-order valence-electron chi connectivity index (χ0n) is 30.9. The number of amides is 3. The number of unbranched alkanes of at least 4 members (excludes halogenated alkanes) is 2. The molecule has 2 atom stereocenters. The molecule has 0 bridgehead atoms. The van der Waals surface area contributed by atoms with Gasteiger partial charge in [0.1, 0.15) is 23.5 Å². The summed E-state index contributed by atoms with van der Waals surface area (Å²) in [7, 11) is 1.64. The van der Waals surface area contributed by atoms with Gasteiger partial charge in [0.2, 0.25) is 11.8 Å². The number of fused-ring (bicyclic) bond motifs is 2. The summed E-state index contributed by atoms with van der Waals surface area (Å²) in [4.78, 5) is 50.4. The Balaban J connectivity index is 0.874. The average molecular weight is 802 g/mol. The van der Waals surface area contributed by atoms with Crippen molar-refractivity contribution >= 4 is 50.4 Å². The number of hydrogen-bond acceptors (Lipinski definition) is 9. The third-order valence-corrected chi connectivity index (χ3v) is 11.3. The van der Waals surface area contributed by atoms with Crippen LogP contribution < -0.4 is 20.1 Å². The van der Waals surface area contributed by atoms with Gasteiger partial charge in [0.05, 0.1) is 25.3 Å². The summed E-state index contributed by atoms with van der Waals surface area (Å²) in [5.41, 5.74) is 3.64. The Hall–Kier alpha value is -4.62. The second-order valence-electron chi connectivity index (χ2n) is 14.5. The molecule has 7 rings (SSSR count). The van der Waals surface area contributed by atoms with Gasteiger partial charge in [-0.1, -0.05) is 34.1 Å². The Morgan fingerprint density at radius 3 is 2.59 bits per heavy atom. The van der Waals surface area contributed by atoms with E-state index in [2.05, 4.69) is 50.5 Å². The standard InChI is InChI=1S/C41H46BrFN6O5/c1-24(27-8-7-9-29(42)18-27)44-39-32-21-36(53-3)37(22-34(32)45-25(2)46-39)54-17-6-4-5-14-48-15-12-26(13-16-48)30-19-28-23-49(41(52)31(28)20-33(30)43)35-10-11-38(50)47-40(35)51/h7-9,18-22,24,26,35H,4-6,10-17,23H2,1-3H3,(H,44,45,46)(H,47,50,51)/t24-,35?/m1/s1. The van der Waals surface area contributed by atoms with Crippen LogP contribution in [-0.4, -0.2) is 76.9 Å². The molecule has 0 radical (unpaired) electrons. The van der Waals surface area contributed by atoms with Gasteiger partial charge in [-0.05, 0) is 119 Å². The van der Waals surface area contributed by atoms with E-state index in [0.717, 1.165) is 84.1 Å². The number of rotatable bonds is 13. The van der Waals surface area contributed by atoms with Crippen molar-refractivity contribution in [1.82, 2.24) is 25.1 Å². The zero-order valence-corrected chi connectivity index (χ0v) is 32.5. The predicted octanol–water partition coefficient (Wildman–Crippen LogP) is 7.21. The molecule has 3 amide bonds. The number of nitrogens with zero attached hydrogens (tertiary/aromatic N) is 4. The number of likely N-dealkylation sites (tertiary alicyclic amines) is 1. The maximum Gasteiger partial charge on any atom is 0.255 e. The van der Waals surface area contributed by atoms with Crippen LogP contribution in [-0.2, 0) is 16.1 Å². The summed E-state index contributed by atoms with van der Waals surface area (Å²) >= 11 is 3.56. The molecule has 2 saturated heterocycles. The third kappa shape index (κ3) is 8.22. The Bertz CT molecular complexity index is 2070. The van der Waals surface area contributed by atoms with Crippen LogP contribution in [0.4, 0.5) is 10.2 Å². The summed E-state index contributed by atoms with van der Waals surface area (Å²) in [5, 5.41) is 6.73. The highest BCUT2D eigenvalue weighted by atomic mass is 79.9. The number of carbonyl (C=O) groups excluding carboxylic acids is 3. The maximum absolute atomic E-state index is 15.4. The van der Waals surface area contributed by atoms with Crippen molar-refractivity contribution in [3.8, 4) is 11.5 Å². The molecule has 2 N–H and O–H groups in total. The van der Waals surface area contributed by atoms with E-state index in [1.165, 1.54) is 11.0 Å².